The molecule has 0 amide bonds. The van der Waals surface area contributed by atoms with Gasteiger partial charge in [-0.1, -0.05) is 25.5 Å². The Morgan fingerprint density at radius 1 is 1.46 bits per heavy atom. The van der Waals surface area contributed by atoms with Crippen molar-refractivity contribution in [3.8, 4) is 0 Å². The van der Waals surface area contributed by atoms with Gasteiger partial charge in [0.1, 0.15) is 0 Å². The lowest BCUT2D eigenvalue weighted by Crippen LogP contribution is -2.46. The lowest BCUT2D eigenvalue weighted by Gasteiger charge is -2.52. The first-order valence-corrected chi connectivity index (χ1v) is 5.45. The van der Waals surface area contributed by atoms with Crippen LogP contribution in [0.1, 0.15) is 39.0 Å². The van der Waals surface area contributed by atoms with Crippen LogP contribution in [-0.4, -0.2) is 11.2 Å². The first kappa shape index (κ1) is 8.05. The Labute approximate surface area is 79.8 Å². The van der Waals surface area contributed by atoms with E-state index in [2.05, 4.69) is 13.5 Å². The molecule has 13 heavy (non-hydrogen) atoms. The Hall–Kier alpha value is -0.300. The summed E-state index contributed by atoms with van der Waals surface area (Å²) >= 11 is 0. The minimum Gasteiger partial charge on any atom is -0.392 e. The van der Waals surface area contributed by atoms with Crippen LogP contribution in [0, 0.1) is 16.7 Å². The van der Waals surface area contributed by atoms with Gasteiger partial charge in [0.25, 0.3) is 0 Å². The maximum absolute atomic E-state index is 9.99. The van der Waals surface area contributed by atoms with E-state index < -0.39 is 0 Å². The SMILES string of the molecule is C=C1CC23CCCC2(C)CC(O)C13. The monoisotopic (exact) mass is 178 g/mol. The third-order valence-electron chi connectivity index (χ3n) is 5.18. The van der Waals surface area contributed by atoms with Crippen molar-refractivity contribution in [2.24, 2.45) is 16.7 Å². The third-order valence-corrected chi connectivity index (χ3v) is 5.18. The van der Waals surface area contributed by atoms with E-state index >= 15 is 0 Å². The summed E-state index contributed by atoms with van der Waals surface area (Å²) < 4.78 is 0. The highest BCUT2D eigenvalue weighted by atomic mass is 16.3. The van der Waals surface area contributed by atoms with Crippen molar-refractivity contribution in [2.45, 2.75) is 45.1 Å². The minimum atomic E-state index is -0.0773. The third kappa shape index (κ3) is 0.665. The quantitative estimate of drug-likeness (QED) is 0.565. The summed E-state index contributed by atoms with van der Waals surface area (Å²) in [4.78, 5) is 0. The second-order valence-corrected chi connectivity index (χ2v) is 5.65. The molecule has 0 bridgehead atoms. The Morgan fingerprint density at radius 3 is 2.92 bits per heavy atom. The Kier molecular flexibility index (Phi) is 1.26. The molecule has 0 heterocycles. The molecule has 3 aliphatic carbocycles. The van der Waals surface area contributed by atoms with Crippen LogP contribution in [0.15, 0.2) is 12.2 Å². The molecule has 4 unspecified atom stereocenters. The van der Waals surface area contributed by atoms with Crippen molar-refractivity contribution in [2.75, 3.05) is 0 Å². The Morgan fingerprint density at radius 2 is 2.23 bits per heavy atom. The highest BCUT2D eigenvalue weighted by molar-refractivity contribution is 5.32. The molecule has 4 atom stereocenters. The van der Waals surface area contributed by atoms with Gasteiger partial charge in [-0.25, -0.2) is 0 Å². The summed E-state index contributed by atoms with van der Waals surface area (Å²) in [5.41, 5.74) is 2.24. The zero-order valence-corrected chi connectivity index (χ0v) is 8.34. The number of hydrogen-bond donors (Lipinski definition) is 1. The van der Waals surface area contributed by atoms with E-state index in [0.717, 1.165) is 6.42 Å². The largest absolute Gasteiger partial charge is 0.392 e. The predicted octanol–water partition coefficient (Wildman–Crippen LogP) is 2.50. The van der Waals surface area contributed by atoms with E-state index in [1.165, 1.54) is 31.3 Å². The smallest absolute Gasteiger partial charge is 0.0616 e. The highest BCUT2D eigenvalue weighted by Crippen LogP contribution is 2.74. The van der Waals surface area contributed by atoms with Crippen LogP contribution < -0.4 is 0 Å². The second-order valence-electron chi connectivity index (χ2n) is 5.65. The standard InChI is InChI=1S/C12H18O/c1-8-6-12-5-3-4-11(12,2)7-9(13)10(8)12/h9-10,13H,1,3-7H2,2H3. The summed E-state index contributed by atoms with van der Waals surface area (Å²) in [7, 11) is 0. The van der Waals surface area contributed by atoms with Crippen molar-refractivity contribution in [3.63, 3.8) is 0 Å². The molecule has 3 aliphatic rings. The topological polar surface area (TPSA) is 20.2 Å². The molecule has 3 rings (SSSR count). The van der Waals surface area contributed by atoms with Crippen LogP contribution in [0.2, 0.25) is 0 Å². The van der Waals surface area contributed by atoms with Crippen molar-refractivity contribution in [3.05, 3.63) is 12.2 Å². The molecule has 72 valence electrons. The minimum absolute atomic E-state index is 0.0773. The summed E-state index contributed by atoms with van der Waals surface area (Å²) in [5.74, 6) is 0.458. The van der Waals surface area contributed by atoms with Gasteiger partial charge in [0.2, 0.25) is 0 Å². The van der Waals surface area contributed by atoms with Crippen LogP contribution in [0.4, 0.5) is 0 Å². The molecule has 0 aliphatic heterocycles. The molecular weight excluding hydrogens is 160 g/mol. The first-order valence-electron chi connectivity index (χ1n) is 5.45. The van der Waals surface area contributed by atoms with Crippen LogP contribution >= 0.6 is 0 Å². The molecule has 0 saturated heterocycles. The van der Waals surface area contributed by atoms with Gasteiger partial charge in [0.15, 0.2) is 0 Å². The maximum atomic E-state index is 9.99. The fraction of sp³-hybridized carbons (Fsp3) is 0.833. The van der Waals surface area contributed by atoms with Crippen LogP contribution in [0.3, 0.4) is 0 Å². The van der Waals surface area contributed by atoms with E-state index in [1.807, 2.05) is 0 Å². The number of hydrogen-bond acceptors (Lipinski definition) is 1. The van der Waals surface area contributed by atoms with E-state index in [0.29, 0.717) is 16.7 Å². The summed E-state index contributed by atoms with van der Waals surface area (Å²) in [6.45, 7) is 6.46. The molecule has 0 aromatic rings. The van der Waals surface area contributed by atoms with Crippen molar-refractivity contribution < 1.29 is 5.11 Å². The maximum Gasteiger partial charge on any atom is 0.0616 e. The molecule has 1 spiro atoms. The van der Waals surface area contributed by atoms with Gasteiger partial charge in [0, 0.05) is 5.92 Å². The van der Waals surface area contributed by atoms with Gasteiger partial charge >= 0.3 is 0 Å². The van der Waals surface area contributed by atoms with Gasteiger partial charge in [-0.15, -0.1) is 0 Å². The van der Waals surface area contributed by atoms with Gasteiger partial charge in [-0.2, -0.15) is 0 Å². The molecule has 0 aromatic heterocycles. The Bertz CT molecular complexity index is 283. The average molecular weight is 178 g/mol. The molecule has 1 nitrogen and oxygen atoms in total. The molecule has 1 heteroatoms. The molecule has 0 radical (unpaired) electrons. The zero-order chi connectivity index (χ0) is 9.27. The Balaban J connectivity index is 2.06. The zero-order valence-electron chi connectivity index (χ0n) is 8.34. The van der Waals surface area contributed by atoms with Crippen LogP contribution in [-0.2, 0) is 0 Å². The van der Waals surface area contributed by atoms with Crippen LogP contribution in [0.5, 0.6) is 0 Å². The number of aliphatic hydroxyl groups is 1. The average Bonchev–Trinajstić information content (AvgIpc) is 2.34. The van der Waals surface area contributed by atoms with Crippen molar-refractivity contribution in [1.29, 1.82) is 0 Å². The van der Waals surface area contributed by atoms with E-state index in [-0.39, 0.29) is 6.10 Å². The summed E-state index contributed by atoms with van der Waals surface area (Å²) in [6, 6.07) is 0. The fourth-order valence-electron chi connectivity index (χ4n) is 4.59. The molecule has 0 aromatic carbocycles. The lowest BCUT2D eigenvalue weighted by molar-refractivity contribution is 0.0172. The molecule has 1 N–H and O–H groups in total. The van der Waals surface area contributed by atoms with Gasteiger partial charge in [0.05, 0.1) is 6.10 Å². The van der Waals surface area contributed by atoms with E-state index in [4.69, 9.17) is 0 Å². The first-order chi connectivity index (χ1) is 6.09. The van der Waals surface area contributed by atoms with Crippen molar-refractivity contribution >= 4 is 0 Å². The normalized spacial score (nSPS) is 58.8. The van der Waals surface area contributed by atoms with Crippen molar-refractivity contribution in [1.82, 2.24) is 0 Å². The summed E-state index contributed by atoms with van der Waals surface area (Å²) in [5, 5.41) is 9.99. The molecule has 3 fully saturated rings. The van der Waals surface area contributed by atoms with E-state index in [1.54, 1.807) is 0 Å². The molecule has 3 saturated carbocycles. The van der Waals surface area contributed by atoms with E-state index in [9.17, 15) is 5.11 Å². The number of aliphatic hydroxyl groups excluding tert-OH is 1. The number of rotatable bonds is 0. The lowest BCUT2D eigenvalue weighted by atomic mass is 9.52. The van der Waals surface area contributed by atoms with Gasteiger partial charge in [-0.05, 0) is 36.5 Å². The highest BCUT2D eigenvalue weighted by Gasteiger charge is 2.68. The van der Waals surface area contributed by atoms with Crippen LogP contribution in [0.25, 0.3) is 0 Å². The predicted molar refractivity (Wildman–Crippen MR) is 52.3 cm³/mol. The second kappa shape index (κ2) is 2.03. The fourth-order valence-corrected chi connectivity index (χ4v) is 4.59. The van der Waals surface area contributed by atoms with Gasteiger partial charge < -0.3 is 5.11 Å². The summed E-state index contributed by atoms with van der Waals surface area (Å²) in [6.07, 6.45) is 6.18. The molecular formula is C12H18O. The van der Waals surface area contributed by atoms with Gasteiger partial charge in [-0.3, -0.25) is 0 Å².